The van der Waals surface area contributed by atoms with E-state index in [1.807, 2.05) is 30.3 Å². The highest BCUT2D eigenvalue weighted by atomic mass is 16.5. The van der Waals surface area contributed by atoms with Crippen LogP contribution in [0.15, 0.2) is 34.9 Å². The number of anilines is 1. The number of ether oxygens (including phenoxy) is 1. The molecule has 0 spiro atoms. The van der Waals surface area contributed by atoms with Crippen LogP contribution in [0.1, 0.15) is 11.7 Å². The number of aliphatic carboxylic acids is 1. The lowest BCUT2D eigenvalue weighted by molar-refractivity contribution is -0.135. The maximum atomic E-state index is 11.0. The Kier molecular flexibility index (Phi) is 4.67. The molecule has 1 aromatic heterocycles. The number of nitrogens with zero attached hydrogens (tertiary/aromatic N) is 3. The van der Waals surface area contributed by atoms with Crippen LogP contribution in [0.25, 0.3) is 0 Å². The summed E-state index contributed by atoms with van der Waals surface area (Å²) in [7, 11) is 1.54. The normalized spacial score (nSPS) is 10.4. The van der Waals surface area contributed by atoms with E-state index >= 15 is 0 Å². The number of carboxylic acids is 1. The number of methoxy groups -OCH3 is 1. The zero-order chi connectivity index (χ0) is 14.4. The zero-order valence-electron chi connectivity index (χ0n) is 11.0. The van der Waals surface area contributed by atoms with E-state index in [1.54, 1.807) is 4.90 Å². The molecule has 0 fully saturated rings. The Hall–Kier alpha value is -2.41. The summed E-state index contributed by atoms with van der Waals surface area (Å²) < 4.78 is 9.98. The third kappa shape index (κ3) is 3.79. The maximum Gasteiger partial charge on any atom is 0.323 e. The molecule has 7 heteroatoms. The molecule has 0 amide bonds. The number of rotatable bonds is 7. The summed E-state index contributed by atoms with van der Waals surface area (Å²) in [6.07, 6.45) is 0. The van der Waals surface area contributed by atoms with Gasteiger partial charge in [0.15, 0.2) is 5.82 Å². The molecule has 1 aromatic carbocycles. The van der Waals surface area contributed by atoms with E-state index in [9.17, 15) is 4.79 Å². The smallest absolute Gasteiger partial charge is 0.323 e. The Balaban J connectivity index is 2.12. The predicted octanol–water partition coefficient (Wildman–Crippen LogP) is 1.31. The minimum Gasteiger partial charge on any atom is -0.480 e. The van der Waals surface area contributed by atoms with Gasteiger partial charge in [0.1, 0.15) is 13.2 Å². The fourth-order valence-electron chi connectivity index (χ4n) is 1.75. The van der Waals surface area contributed by atoms with Gasteiger partial charge in [-0.25, -0.2) is 0 Å². The van der Waals surface area contributed by atoms with Gasteiger partial charge in [0.25, 0.3) is 0 Å². The zero-order valence-corrected chi connectivity index (χ0v) is 11.0. The van der Waals surface area contributed by atoms with Gasteiger partial charge in [-0.3, -0.25) is 4.79 Å². The van der Waals surface area contributed by atoms with Gasteiger partial charge in [-0.2, -0.15) is 4.98 Å². The van der Waals surface area contributed by atoms with Crippen LogP contribution in [0.4, 0.5) is 5.69 Å². The molecule has 2 rings (SSSR count). The molecular formula is C13H15N3O4. The summed E-state index contributed by atoms with van der Waals surface area (Å²) in [6.45, 7) is 0.340. The van der Waals surface area contributed by atoms with Gasteiger partial charge >= 0.3 is 5.97 Å². The van der Waals surface area contributed by atoms with E-state index in [0.717, 1.165) is 5.69 Å². The standard InChI is InChI=1S/C13H15N3O4/c1-19-9-11-14-12(20-15-11)7-16(8-13(17)18)10-5-3-2-4-6-10/h2-6H,7-9H2,1H3,(H,17,18). The average Bonchev–Trinajstić information content (AvgIpc) is 2.86. The third-order valence-corrected chi connectivity index (χ3v) is 2.56. The predicted molar refractivity (Wildman–Crippen MR) is 70.1 cm³/mol. The number of hydrogen-bond acceptors (Lipinski definition) is 6. The first-order valence-corrected chi connectivity index (χ1v) is 6.01. The van der Waals surface area contributed by atoms with Crippen LogP contribution in [-0.4, -0.2) is 34.9 Å². The van der Waals surface area contributed by atoms with Crippen LogP contribution in [0.5, 0.6) is 0 Å². The van der Waals surface area contributed by atoms with E-state index in [1.165, 1.54) is 7.11 Å². The molecule has 0 bridgehead atoms. The molecule has 1 N–H and O–H groups in total. The van der Waals surface area contributed by atoms with Crippen molar-refractivity contribution in [2.45, 2.75) is 13.2 Å². The highest BCUT2D eigenvalue weighted by molar-refractivity contribution is 5.73. The fourth-order valence-corrected chi connectivity index (χ4v) is 1.75. The molecule has 7 nitrogen and oxygen atoms in total. The number of para-hydroxylation sites is 1. The summed E-state index contributed by atoms with van der Waals surface area (Å²) in [5, 5.41) is 12.7. The maximum absolute atomic E-state index is 11.0. The highest BCUT2D eigenvalue weighted by Gasteiger charge is 2.15. The van der Waals surface area contributed by atoms with Gasteiger partial charge in [-0.15, -0.1) is 0 Å². The van der Waals surface area contributed by atoms with Gasteiger partial charge < -0.3 is 19.3 Å². The molecule has 106 valence electrons. The van der Waals surface area contributed by atoms with Crippen molar-refractivity contribution in [2.75, 3.05) is 18.6 Å². The van der Waals surface area contributed by atoms with Crippen LogP contribution >= 0.6 is 0 Å². The number of carbonyl (C=O) groups is 1. The lowest BCUT2D eigenvalue weighted by Gasteiger charge is -2.20. The molecule has 0 aliphatic carbocycles. The quantitative estimate of drug-likeness (QED) is 0.816. The van der Waals surface area contributed by atoms with Crippen LogP contribution in [0.2, 0.25) is 0 Å². The monoisotopic (exact) mass is 277 g/mol. The van der Waals surface area contributed by atoms with Crippen LogP contribution in [-0.2, 0) is 22.7 Å². The Morgan fingerprint density at radius 2 is 2.15 bits per heavy atom. The second-order valence-electron chi connectivity index (χ2n) is 4.12. The largest absolute Gasteiger partial charge is 0.480 e. The minimum atomic E-state index is -0.925. The molecule has 0 unspecified atom stereocenters. The van der Waals surface area contributed by atoms with E-state index in [4.69, 9.17) is 14.4 Å². The molecule has 1 heterocycles. The molecule has 0 atom stereocenters. The van der Waals surface area contributed by atoms with Crippen LogP contribution < -0.4 is 4.90 Å². The fraction of sp³-hybridized carbons (Fsp3) is 0.308. The van der Waals surface area contributed by atoms with Crippen molar-refractivity contribution >= 4 is 11.7 Å². The second-order valence-corrected chi connectivity index (χ2v) is 4.12. The minimum absolute atomic E-state index is 0.147. The van der Waals surface area contributed by atoms with E-state index in [-0.39, 0.29) is 19.7 Å². The Morgan fingerprint density at radius 3 is 2.80 bits per heavy atom. The first-order chi connectivity index (χ1) is 9.69. The number of carboxylic acid groups (broad SMARTS) is 1. The van der Waals surface area contributed by atoms with Crippen molar-refractivity contribution in [3.05, 3.63) is 42.0 Å². The van der Waals surface area contributed by atoms with Crippen molar-refractivity contribution in [1.82, 2.24) is 10.1 Å². The van der Waals surface area contributed by atoms with E-state index in [0.29, 0.717) is 11.7 Å². The average molecular weight is 277 g/mol. The lowest BCUT2D eigenvalue weighted by atomic mass is 10.3. The first-order valence-electron chi connectivity index (χ1n) is 6.01. The Morgan fingerprint density at radius 1 is 1.40 bits per heavy atom. The molecular weight excluding hydrogens is 262 g/mol. The molecule has 0 aliphatic heterocycles. The topological polar surface area (TPSA) is 88.7 Å². The van der Waals surface area contributed by atoms with Gasteiger partial charge in [-0.1, -0.05) is 23.4 Å². The lowest BCUT2D eigenvalue weighted by Crippen LogP contribution is -2.29. The molecule has 2 aromatic rings. The highest BCUT2D eigenvalue weighted by Crippen LogP contribution is 2.15. The molecule has 0 radical (unpaired) electrons. The SMILES string of the molecule is COCc1noc(CN(CC(=O)O)c2ccccc2)n1. The summed E-state index contributed by atoms with van der Waals surface area (Å²) in [4.78, 5) is 16.7. The molecule has 20 heavy (non-hydrogen) atoms. The van der Waals surface area contributed by atoms with Crippen molar-refractivity contribution in [2.24, 2.45) is 0 Å². The number of benzene rings is 1. The van der Waals surface area contributed by atoms with Gasteiger partial charge in [0, 0.05) is 12.8 Å². The van der Waals surface area contributed by atoms with Crippen molar-refractivity contribution in [3.8, 4) is 0 Å². The van der Waals surface area contributed by atoms with E-state index in [2.05, 4.69) is 10.1 Å². The number of hydrogen-bond donors (Lipinski definition) is 1. The number of aromatic nitrogens is 2. The third-order valence-electron chi connectivity index (χ3n) is 2.56. The second kappa shape index (κ2) is 6.67. The summed E-state index contributed by atoms with van der Waals surface area (Å²) in [5.74, 6) is -0.140. The Labute approximate surface area is 115 Å². The molecule has 0 saturated carbocycles. The van der Waals surface area contributed by atoms with Crippen molar-refractivity contribution < 1.29 is 19.2 Å². The summed E-state index contributed by atoms with van der Waals surface area (Å²) in [5.41, 5.74) is 0.779. The molecule has 0 saturated heterocycles. The van der Waals surface area contributed by atoms with Crippen LogP contribution in [0.3, 0.4) is 0 Å². The summed E-state index contributed by atoms with van der Waals surface area (Å²) in [6, 6.07) is 9.21. The Bertz CT molecular complexity index is 556. The molecule has 0 aliphatic rings. The van der Waals surface area contributed by atoms with Crippen molar-refractivity contribution in [1.29, 1.82) is 0 Å². The van der Waals surface area contributed by atoms with Gasteiger partial charge in [0.05, 0.1) is 6.54 Å². The van der Waals surface area contributed by atoms with Gasteiger partial charge in [0.2, 0.25) is 5.89 Å². The first kappa shape index (κ1) is 14.0. The van der Waals surface area contributed by atoms with E-state index < -0.39 is 5.97 Å². The van der Waals surface area contributed by atoms with Crippen LogP contribution in [0, 0.1) is 0 Å². The van der Waals surface area contributed by atoms with Gasteiger partial charge in [-0.05, 0) is 12.1 Å². The summed E-state index contributed by atoms with van der Waals surface area (Å²) >= 11 is 0. The van der Waals surface area contributed by atoms with Crippen molar-refractivity contribution in [3.63, 3.8) is 0 Å².